The van der Waals surface area contributed by atoms with E-state index in [4.69, 9.17) is 16.3 Å². The molecule has 0 fully saturated rings. The highest BCUT2D eigenvalue weighted by Crippen LogP contribution is 2.34. The second-order valence-corrected chi connectivity index (χ2v) is 8.13. The topological polar surface area (TPSA) is 81.2 Å². The van der Waals surface area contributed by atoms with E-state index in [1.165, 1.54) is 16.1 Å². The summed E-state index contributed by atoms with van der Waals surface area (Å²) in [5.41, 5.74) is 0.944. The lowest BCUT2D eigenvalue weighted by Crippen LogP contribution is -2.13. The SMILES string of the molecule is CCOC(=O)c1cc2c3cc(Cl)ccc3n(S(=O)(=O)c3ccccc3)c2[nH]1. The Kier molecular flexibility index (Phi) is 4.20. The monoisotopic (exact) mass is 402 g/mol. The zero-order chi connectivity index (χ0) is 19.2. The van der Waals surface area contributed by atoms with Gasteiger partial charge in [-0.05, 0) is 43.3 Å². The number of nitrogens with zero attached hydrogens (tertiary/aromatic N) is 1. The molecular weight excluding hydrogens is 388 g/mol. The van der Waals surface area contributed by atoms with E-state index in [2.05, 4.69) is 4.98 Å². The Balaban J connectivity index is 2.07. The number of aromatic nitrogens is 2. The van der Waals surface area contributed by atoms with Crippen LogP contribution >= 0.6 is 11.6 Å². The fraction of sp³-hybridized carbons (Fsp3) is 0.105. The van der Waals surface area contributed by atoms with Crippen molar-refractivity contribution in [1.82, 2.24) is 8.96 Å². The third-order valence-electron chi connectivity index (χ3n) is 4.24. The first kappa shape index (κ1) is 17.6. The number of halogens is 1. The number of ether oxygens (including phenoxy) is 1. The van der Waals surface area contributed by atoms with Crippen molar-refractivity contribution in [1.29, 1.82) is 0 Å². The number of aromatic amines is 1. The van der Waals surface area contributed by atoms with E-state index >= 15 is 0 Å². The molecule has 0 aliphatic rings. The largest absolute Gasteiger partial charge is 0.461 e. The highest BCUT2D eigenvalue weighted by molar-refractivity contribution is 7.90. The molecular formula is C19H15ClN2O4S. The molecule has 138 valence electrons. The zero-order valence-corrected chi connectivity index (χ0v) is 15.8. The molecule has 0 aliphatic carbocycles. The minimum Gasteiger partial charge on any atom is -0.461 e. The zero-order valence-electron chi connectivity index (χ0n) is 14.3. The average Bonchev–Trinajstić information content (AvgIpc) is 3.20. The average molecular weight is 403 g/mol. The van der Waals surface area contributed by atoms with E-state index in [9.17, 15) is 13.2 Å². The van der Waals surface area contributed by atoms with Crippen LogP contribution in [0.25, 0.3) is 21.9 Å². The molecule has 27 heavy (non-hydrogen) atoms. The fourth-order valence-corrected chi connectivity index (χ4v) is 4.78. The summed E-state index contributed by atoms with van der Waals surface area (Å²) in [5, 5.41) is 1.68. The number of carbonyl (C=O) groups is 1. The third kappa shape index (κ3) is 2.79. The Morgan fingerprint density at radius 3 is 2.56 bits per heavy atom. The van der Waals surface area contributed by atoms with Crippen molar-refractivity contribution in [2.75, 3.05) is 6.61 Å². The summed E-state index contributed by atoms with van der Waals surface area (Å²) in [6.45, 7) is 1.92. The Labute approximate surface area is 160 Å². The van der Waals surface area contributed by atoms with E-state index < -0.39 is 16.0 Å². The van der Waals surface area contributed by atoms with Crippen LogP contribution < -0.4 is 0 Å². The highest BCUT2D eigenvalue weighted by atomic mass is 35.5. The van der Waals surface area contributed by atoms with Crippen molar-refractivity contribution < 1.29 is 17.9 Å². The van der Waals surface area contributed by atoms with Crippen LogP contribution in [0.2, 0.25) is 5.02 Å². The minimum absolute atomic E-state index is 0.144. The summed E-state index contributed by atoms with van der Waals surface area (Å²) >= 11 is 6.12. The second kappa shape index (κ2) is 6.44. The molecule has 0 radical (unpaired) electrons. The normalized spacial score (nSPS) is 11.9. The van der Waals surface area contributed by atoms with E-state index in [1.54, 1.807) is 49.4 Å². The molecule has 2 heterocycles. The van der Waals surface area contributed by atoms with Crippen LogP contribution in [-0.2, 0) is 14.8 Å². The van der Waals surface area contributed by atoms with Crippen LogP contribution in [-0.4, -0.2) is 30.0 Å². The van der Waals surface area contributed by atoms with Crippen LogP contribution in [0.5, 0.6) is 0 Å². The lowest BCUT2D eigenvalue weighted by molar-refractivity contribution is 0.0520. The molecule has 0 unspecified atom stereocenters. The highest BCUT2D eigenvalue weighted by Gasteiger charge is 2.26. The lowest BCUT2D eigenvalue weighted by Gasteiger charge is -2.09. The van der Waals surface area contributed by atoms with Gasteiger partial charge in [0.2, 0.25) is 0 Å². The van der Waals surface area contributed by atoms with Crippen molar-refractivity contribution in [3.63, 3.8) is 0 Å². The molecule has 0 amide bonds. The van der Waals surface area contributed by atoms with Crippen LogP contribution in [0.15, 0.2) is 59.5 Å². The number of hydrogen-bond donors (Lipinski definition) is 1. The Hall–Kier alpha value is -2.77. The van der Waals surface area contributed by atoms with Gasteiger partial charge < -0.3 is 9.72 Å². The van der Waals surface area contributed by atoms with Gasteiger partial charge in [0.15, 0.2) is 0 Å². The quantitative estimate of drug-likeness (QED) is 0.519. The predicted octanol–water partition coefficient (Wildman–Crippen LogP) is 4.19. The van der Waals surface area contributed by atoms with Gasteiger partial charge in [-0.25, -0.2) is 17.2 Å². The molecule has 2 aromatic heterocycles. The number of benzene rings is 2. The number of rotatable bonds is 4. The van der Waals surface area contributed by atoms with Crippen LogP contribution in [0, 0.1) is 0 Å². The van der Waals surface area contributed by atoms with Crippen molar-refractivity contribution in [3.8, 4) is 0 Å². The summed E-state index contributed by atoms with van der Waals surface area (Å²) in [7, 11) is -3.90. The molecule has 2 aromatic carbocycles. The number of fused-ring (bicyclic) bond motifs is 3. The molecule has 6 nitrogen and oxygen atoms in total. The second-order valence-electron chi connectivity index (χ2n) is 5.91. The molecule has 0 bridgehead atoms. The summed E-state index contributed by atoms with van der Waals surface area (Å²) < 4.78 is 32.8. The third-order valence-corrected chi connectivity index (χ3v) is 6.21. The van der Waals surface area contributed by atoms with E-state index in [0.29, 0.717) is 27.0 Å². The smallest absolute Gasteiger partial charge is 0.354 e. The number of esters is 1. The molecule has 0 aliphatic heterocycles. The van der Waals surface area contributed by atoms with Crippen molar-refractivity contribution in [2.24, 2.45) is 0 Å². The van der Waals surface area contributed by atoms with Gasteiger partial charge in [-0.2, -0.15) is 0 Å². The number of hydrogen-bond acceptors (Lipinski definition) is 4. The molecule has 0 atom stereocenters. The first-order chi connectivity index (χ1) is 12.9. The maximum absolute atomic E-state index is 13.3. The molecule has 4 aromatic rings. The van der Waals surface area contributed by atoms with Crippen LogP contribution in [0.3, 0.4) is 0 Å². The Morgan fingerprint density at radius 2 is 1.85 bits per heavy atom. The number of nitrogens with one attached hydrogen (secondary N) is 1. The van der Waals surface area contributed by atoms with Gasteiger partial charge in [0.05, 0.1) is 17.0 Å². The minimum atomic E-state index is -3.90. The molecule has 0 saturated carbocycles. The Morgan fingerprint density at radius 1 is 1.11 bits per heavy atom. The number of H-pyrrole nitrogens is 1. The summed E-state index contributed by atoms with van der Waals surface area (Å²) in [6, 6.07) is 14.7. The summed E-state index contributed by atoms with van der Waals surface area (Å²) in [5.74, 6) is -0.549. The van der Waals surface area contributed by atoms with E-state index in [1.807, 2.05) is 0 Å². The number of carbonyl (C=O) groups excluding carboxylic acids is 1. The predicted molar refractivity (Wildman–Crippen MR) is 104 cm³/mol. The molecule has 0 spiro atoms. The van der Waals surface area contributed by atoms with Crippen molar-refractivity contribution >= 4 is 49.5 Å². The van der Waals surface area contributed by atoms with E-state index in [-0.39, 0.29) is 17.2 Å². The van der Waals surface area contributed by atoms with Crippen molar-refractivity contribution in [3.05, 3.63) is 65.3 Å². The first-order valence-corrected chi connectivity index (χ1v) is 10.1. The van der Waals surface area contributed by atoms with Crippen LogP contribution in [0.4, 0.5) is 0 Å². The maximum atomic E-state index is 13.3. The van der Waals surface area contributed by atoms with Gasteiger partial charge in [0.25, 0.3) is 10.0 Å². The van der Waals surface area contributed by atoms with Gasteiger partial charge in [-0.3, -0.25) is 0 Å². The molecule has 4 rings (SSSR count). The lowest BCUT2D eigenvalue weighted by atomic mass is 10.2. The van der Waals surface area contributed by atoms with Crippen molar-refractivity contribution in [2.45, 2.75) is 11.8 Å². The summed E-state index contributed by atoms with van der Waals surface area (Å²) in [4.78, 5) is 15.2. The van der Waals surface area contributed by atoms with Gasteiger partial charge in [0.1, 0.15) is 11.3 Å². The first-order valence-electron chi connectivity index (χ1n) is 8.24. The summed E-state index contributed by atoms with van der Waals surface area (Å²) in [6.07, 6.45) is 0. The molecule has 8 heteroatoms. The van der Waals surface area contributed by atoms with Gasteiger partial charge in [-0.15, -0.1) is 0 Å². The molecule has 1 N–H and O–H groups in total. The van der Waals surface area contributed by atoms with E-state index in [0.717, 1.165) is 0 Å². The fourth-order valence-electron chi connectivity index (χ4n) is 3.10. The van der Waals surface area contributed by atoms with Gasteiger partial charge in [0, 0.05) is 15.8 Å². The Bertz CT molecular complexity index is 1270. The standard InChI is InChI=1S/C19H15ClN2O4S/c1-2-26-19(23)16-11-15-14-10-12(20)8-9-17(14)22(18(15)21-16)27(24,25)13-6-4-3-5-7-13/h3-11,21H,2H2,1H3. The van der Waals surface area contributed by atoms with Crippen LogP contribution in [0.1, 0.15) is 17.4 Å². The van der Waals surface area contributed by atoms with Gasteiger partial charge in [-0.1, -0.05) is 29.8 Å². The molecule has 0 saturated heterocycles. The maximum Gasteiger partial charge on any atom is 0.354 e. The van der Waals surface area contributed by atoms with Gasteiger partial charge >= 0.3 is 5.97 Å².